The largest absolute Gasteiger partial charge is 0.492 e. The van der Waals surface area contributed by atoms with E-state index in [9.17, 15) is 9.59 Å². The molecule has 0 bridgehead atoms. The minimum Gasteiger partial charge on any atom is -0.492 e. The van der Waals surface area contributed by atoms with Crippen LogP contribution in [0.15, 0.2) is 30.5 Å². The summed E-state index contributed by atoms with van der Waals surface area (Å²) in [4.78, 5) is 27.3. The Morgan fingerprint density at radius 3 is 2.79 bits per heavy atom. The van der Waals surface area contributed by atoms with Gasteiger partial charge in [-0.05, 0) is 37.1 Å². The zero-order valence-corrected chi connectivity index (χ0v) is 13.2. The van der Waals surface area contributed by atoms with E-state index in [1.54, 1.807) is 18.3 Å². The van der Waals surface area contributed by atoms with E-state index in [4.69, 9.17) is 9.84 Å². The number of nitrogens with one attached hydrogen (secondary N) is 1. The van der Waals surface area contributed by atoms with Crippen LogP contribution in [-0.4, -0.2) is 39.7 Å². The van der Waals surface area contributed by atoms with E-state index in [0.29, 0.717) is 24.6 Å². The first-order valence-electron chi connectivity index (χ1n) is 7.94. The molecule has 2 N–H and O–H groups in total. The van der Waals surface area contributed by atoms with Crippen molar-refractivity contribution >= 4 is 11.9 Å². The number of aromatic nitrogens is 2. The number of benzene rings is 1. The van der Waals surface area contributed by atoms with Gasteiger partial charge in [-0.15, -0.1) is 0 Å². The molecule has 7 nitrogen and oxygen atoms in total. The molecule has 7 heteroatoms. The summed E-state index contributed by atoms with van der Waals surface area (Å²) < 4.78 is 7.47. The van der Waals surface area contributed by atoms with Gasteiger partial charge in [0.15, 0.2) is 0 Å². The summed E-state index contributed by atoms with van der Waals surface area (Å²) in [6.45, 7) is 1.50. The third-order valence-electron chi connectivity index (χ3n) is 3.96. The molecule has 0 saturated heterocycles. The van der Waals surface area contributed by atoms with Gasteiger partial charge in [0, 0.05) is 13.0 Å². The summed E-state index contributed by atoms with van der Waals surface area (Å²) >= 11 is 0. The van der Waals surface area contributed by atoms with E-state index in [0.717, 1.165) is 31.6 Å². The zero-order chi connectivity index (χ0) is 16.9. The van der Waals surface area contributed by atoms with Gasteiger partial charge < -0.3 is 19.7 Å². The van der Waals surface area contributed by atoms with Crippen molar-refractivity contribution in [1.82, 2.24) is 14.9 Å². The Balaban J connectivity index is 1.47. The number of carboxylic acid groups (broad SMARTS) is 1. The minimum absolute atomic E-state index is 0.152. The lowest BCUT2D eigenvalue weighted by Gasteiger charge is -2.16. The van der Waals surface area contributed by atoms with Crippen molar-refractivity contribution in [2.24, 2.45) is 0 Å². The molecule has 1 aromatic heterocycles. The van der Waals surface area contributed by atoms with Crippen molar-refractivity contribution < 1.29 is 19.4 Å². The molecule has 2 heterocycles. The Hall–Kier alpha value is -2.83. The molecular formula is C17H19N3O4. The Morgan fingerprint density at radius 1 is 1.25 bits per heavy atom. The number of carbonyl (C=O) groups excluding carboxylic acids is 1. The van der Waals surface area contributed by atoms with Gasteiger partial charge in [0.1, 0.15) is 23.9 Å². The highest BCUT2D eigenvalue weighted by Gasteiger charge is 2.18. The number of ether oxygens (including phenoxy) is 1. The highest BCUT2D eigenvalue weighted by molar-refractivity contribution is 5.92. The first-order chi connectivity index (χ1) is 11.6. The summed E-state index contributed by atoms with van der Waals surface area (Å²) in [6.07, 6.45) is 4.73. The second kappa shape index (κ2) is 7.16. The molecule has 0 aliphatic carbocycles. The maximum Gasteiger partial charge on any atom is 0.335 e. The SMILES string of the molecule is O=C(O)c1ccc(OCCNC(=O)c2cnc3n2CCCC3)cc1. The van der Waals surface area contributed by atoms with Gasteiger partial charge in [-0.2, -0.15) is 0 Å². The van der Waals surface area contributed by atoms with Crippen molar-refractivity contribution in [2.75, 3.05) is 13.2 Å². The summed E-state index contributed by atoms with van der Waals surface area (Å²) in [6, 6.07) is 6.15. The number of nitrogens with zero attached hydrogens (tertiary/aromatic N) is 2. The van der Waals surface area contributed by atoms with Crippen molar-refractivity contribution in [2.45, 2.75) is 25.8 Å². The number of amides is 1. The van der Waals surface area contributed by atoms with Gasteiger partial charge in [-0.3, -0.25) is 4.79 Å². The molecule has 1 aliphatic heterocycles. The molecule has 3 rings (SSSR count). The van der Waals surface area contributed by atoms with Crippen LogP contribution in [0.2, 0.25) is 0 Å². The molecule has 1 aromatic carbocycles. The van der Waals surface area contributed by atoms with Crippen LogP contribution in [0.4, 0.5) is 0 Å². The Labute approximate surface area is 139 Å². The molecule has 0 spiro atoms. The standard InChI is InChI=1S/C17H19N3O4/c21-16(14-11-19-15-3-1-2-9-20(14)15)18-8-10-24-13-6-4-12(5-7-13)17(22)23/h4-7,11H,1-3,8-10H2,(H,18,21)(H,22,23). The molecule has 24 heavy (non-hydrogen) atoms. The minimum atomic E-state index is -0.974. The number of hydrogen-bond acceptors (Lipinski definition) is 4. The van der Waals surface area contributed by atoms with Crippen LogP contribution in [0.25, 0.3) is 0 Å². The third kappa shape index (κ3) is 3.56. The summed E-state index contributed by atoms with van der Waals surface area (Å²) in [5.74, 6) is 0.413. The molecular weight excluding hydrogens is 310 g/mol. The Kier molecular flexibility index (Phi) is 4.79. The fourth-order valence-corrected chi connectivity index (χ4v) is 2.72. The van der Waals surface area contributed by atoms with Crippen LogP contribution in [0.3, 0.4) is 0 Å². The summed E-state index contributed by atoms with van der Waals surface area (Å²) in [5.41, 5.74) is 0.802. The summed E-state index contributed by atoms with van der Waals surface area (Å²) in [7, 11) is 0. The van der Waals surface area contributed by atoms with Crippen molar-refractivity contribution in [3.8, 4) is 5.75 Å². The molecule has 0 atom stereocenters. The highest BCUT2D eigenvalue weighted by Crippen LogP contribution is 2.16. The molecule has 0 saturated carbocycles. The van der Waals surface area contributed by atoms with Gasteiger partial charge in [0.25, 0.3) is 5.91 Å². The normalized spacial score (nSPS) is 13.2. The predicted octanol–water partition coefficient (Wildman–Crippen LogP) is 1.73. The monoisotopic (exact) mass is 329 g/mol. The predicted molar refractivity (Wildman–Crippen MR) is 86.4 cm³/mol. The molecule has 0 radical (unpaired) electrons. The van der Waals surface area contributed by atoms with E-state index < -0.39 is 5.97 Å². The number of imidazole rings is 1. The lowest BCUT2D eigenvalue weighted by Crippen LogP contribution is -2.30. The zero-order valence-electron chi connectivity index (χ0n) is 13.2. The fraction of sp³-hybridized carbons (Fsp3) is 0.353. The van der Waals surface area contributed by atoms with E-state index in [1.165, 1.54) is 12.1 Å². The fourth-order valence-electron chi connectivity index (χ4n) is 2.72. The lowest BCUT2D eigenvalue weighted by atomic mass is 10.1. The number of aryl methyl sites for hydroxylation is 1. The number of hydrogen-bond donors (Lipinski definition) is 2. The van der Waals surface area contributed by atoms with E-state index in [1.807, 2.05) is 4.57 Å². The van der Waals surface area contributed by atoms with Gasteiger partial charge in [-0.1, -0.05) is 0 Å². The number of carbonyl (C=O) groups is 2. The van der Waals surface area contributed by atoms with E-state index in [2.05, 4.69) is 10.3 Å². The maximum absolute atomic E-state index is 12.2. The van der Waals surface area contributed by atoms with Gasteiger partial charge in [0.05, 0.1) is 18.3 Å². The molecule has 1 amide bonds. The number of aromatic carboxylic acids is 1. The van der Waals surface area contributed by atoms with Crippen molar-refractivity contribution in [3.05, 3.63) is 47.5 Å². The van der Waals surface area contributed by atoms with Crippen LogP contribution in [0.1, 0.15) is 39.5 Å². The van der Waals surface area contributed by atoms with Crippen LogP contribution in [0, 0.1) is 0 Å². The first kappa shape index (κ1) is 16.0. The van der Waals surface area contributed by atoms with E-state index >= 15 is 0 Å². The van der Waals surface area contributed by atoms with Crippen molar-refractivity contribution in [1.29, 1.82) is 0 Å². The Morgan fingerprint density at radius 2 is 2.04 bits per heavy atom. The number of rotatable bonds is 6. The molecule has 2 aromatic rings. The highest BCUT2D eigenvalue weighted by atomic mass is 16.5. The molecule has 0 unspecified atom stereocenters. The van der Waals surface area contributed by atoms with Crippen LogP contribution in [0.5, 0.6) is 5.75 Å². The van der Waals surface area contributed by atoms with Gasteiger partial charge >= 0.3 is 5.97 Å². The molecule has 126 valence electrons. The first-order valence-corrected chi connectivity index (χ1v) is 7.94. The lowest BCUT2D eigenvalue weighted by molar-refractivity contribution is 0.0696. The van der Waals surface area contributed by atoms with Crippen LogP contribution in [-0.2, 0) is 13.0 Å². The van der Waals surface area contributed by atoms with Crippen LogP contribution < -0.4 is 10.1 Å². The second-order valence-corrected chi connectivity index (χ2v) is 5.60. The Bertz CT molecular complexity index is 737. The number of fused-ring (bicyclic) bond motifs is 1. The van der Waals surface area contributed by atoms with Gasteiger partial charge in [0.2, 0.25) is 0 Å². The summed E-state index contributed by atoms with van der Waals surface area (Å²) in [5, 5.41) is 11.6. The quantitative estimate of drug-likeness (QED) is 0.787. The van der Waals surface area contributed by atoms with Crippen molar-refractivity contribution in [3.63, 3.8) is 0 Å². The van der Waals surface area contributed by atoms with E-state index in [-0.39, 0.29) is 11.5 Å². The average molecular weight is 329 g/mol. The average Bonchev–Trinajstić information content (AvgIpc) is 3.03. The molecule has 0 fully saturated rings. The smallest absolute Gasteiger partial charge is 0.335 e. The van der Waals surface area contributed by atoms with Gasteiger partial charge in [-0.25, -0.2) is 9.78 Å². The number of carboxylic acids is 1. The maximum atomic E-state index is 12.2. The van der Waals surface area contributed by atoms with Crippen LogP contribution >= 0.6 is 0 Å². The topological polar surface area (TPSA) is 93.4 Å². The third-order valence-corrected chi connectivity index (χ3v) is 3.96. The molecule has 1 aliphatic rings. The second-order valence-electron chi connectivity index (χ2n) is 5.60.